The Hall–Kier alpha value is -2.44. The SMILES string of the molecule is Cc1cc(C(=O)Nc2c(N)ccc(F)c2F)on1. The number of amides is 1. The Morgan fingerprint density at radius 1 is 1.44 bits per heavy atom. The standard InChI is InChI=1S/C11H9F2N3O2/c1-5-4-8(18-16-5)11(17)15-10-7(14)3-2-6(12)9(10)13/h2-4H,14H2,1H3,(H,15,17). The fraction of sp³-hybridized carbons (Fsp3) is 0.0909. The number of aryl methyl sites for hydroxylation is 1. The van der Waals surface area contributed by atoms with Crippen molar-refractivity contribution >= 4 is 17.3 Å². The number of hydrogen-bond acceptors (Lipinski definition) is 4. The third-order valence-corrected chi connectivity index (χ3v) is 2.22. The molecule has 0 aliphatic heterocycles. The molecule has 18 heavy (non-hydrogen) atoms. The molecule has 94 valence electrons. The molecule has 2 aromatic rings. The molecular weight excluding hydrogens is 244 g/mol. The van der Waals surface area contributed by atoms with E-state index in [9.17, 15) is 13.6 Å². The molecule has 0 aliphatic carbocycles. The van der Waals surface area contributed by atoms with Gasteiger partial charge < -0.3 is 15.6 Å². The molecule has 0 aliphatic rings. The second-order valence-corrected chi connectivity index (χ2v) is 3.61. The highest BCUT2D eigenvalue weighted by atomic mass is 19.2. The van der Waals surface area contributed by atoms with E-state index in [4.69, 9.17) is 5.73 Å². The van der Waals surface area contributed by atoms with Gasteiger partial charge in [0.25, 0.3) is 5.91 Å². The fourth-order valence-electron chi connectivity index (χ4n) is 1.34. The topological polar surface area (TPSA) is 81.2 Å². The minimum Gasteiger partial charge on any atom is -0.397 e. The molecule has 1 aromatic carbocycles. The summed E-state index contributed by atoms with van der Waals surface area (Å²) in [7, 11) is 0. The van der Waals surface area contributed by atoms with Crippen molar-refractivity contribution in [3.8, 4) is 0 Å². The third-order valence-electron chi connectivity index (χ3n) is 2.22. The number of nitrogens with two attached hydrogens (primary N) is 1. The quantitative estimate of drug-likeness (QED) is 0.803. The van der Waals surface area contributed by atoms with Gasteiger partial charge in [0.1, 0.15) is 5.69 Å². The van der Waals surface area contributed by atoms with Crippen molar-refractivity contribution < 1.29 is 18.1 Å². The molecule has 0 radical (unpaired) electrons. The fourth-order valence-corrected chi connectivity index (χ4v) is 1.34. The Labute approximate surface area is 101 Å². The zero-order valence-corrected chi connectivity index (χ0v) is 9.33. The molecule has 5 nitrogen and oxygen atoms in total. The molecule has 0 bridgehead atoms. The van der Waals surface area contributed by atoms with E-state index in [1.807, 2.05) is 0 Å². The van der Waals surface area contributed by atoms with Gasteiger partial charge >= 0.3 is 0 Å². The number of benzene rings is 1. The zero-order chi connectivity index (χ0) is 13.3. The lowest BCUT2D eigenvalue weighted by Crippen LogP contribution is -2.14. The smallest absolute Gasteiger partial charge is 0.294 e. The van der Waals surface area contributed by atoms with Gasteiger partial charge in [0, 0.05) is 6.07 Å². The van der Waals surface area contributed by atoms with Gasteiger partial charge in [-0.05, 0) is 19.1 Å². The molecule has 7 heteroatoms. The van der Waals surface area contributed by atoms with Crippen molar-refractivity contribution in [3.63, 3.8) is 0 Å². The van der Waals surface area contributed by atoms with Crippen LogP contribution in [0.2, 0.25) is 0 Å². The Balaban J connectivity index is 2.30. The maximum Gasteiger partial charge on any atom is 0.294 e. The molecule has 0 saturated carbocycles. The molecule has 1 amide bonds. The summed E-state index contributed by atoms with van der Waals surface area (Å²) in [4.78, 5) is 11.7. The lowest BCUT2D eigenvalue weighted by Gasteiger charge is -2.07. The normalized spacial score (nSPS) is 10.4. The van der Waals surface area contributed by atoms with Crippen LogP contribution in [0.1, 0.15) is 16.2 Å². The van der Waals surface area contributed by atoms with Gasteiger partial charge in [0.2, 0.25) is 5.76 Å². The number of nitrogens with one attached hydrogen (secondary N) is 1. The minimum absolute atomic E-state index is 0.0847. The van der Waals surface area contributed by atoms with Crippen LogP contribution in [0.25, 0.3) is 0 Å². The number of halogens is 2. The van der Waals surface area contributed by atoms with E-state index in [1.54, 1.807) is 6.92 Å². The van der Waals surface area contributed by atoms with E-state index in [-0.39, 0.29) is 11.4 Å². The highest BCUT2D eigenvalue weighted by molar-refractivity contribution is 6.03. The number of rotatable bonds is 2. The summed E-state index contributed by atoms with van der Waals surface area (Å²) in [5, 5.41) is 5.64. The summed E-state index contributed by atoms with van der Waals surface area (Å²) >= 11 is 0. The second kappa shape index (κ2) is 4.44. The van der Waals surface area contributed by atoms with Crippen molar-refractivity contribution in [2.24, 2.45) is 0 Å². The summed E-state index contributed by atoms with van der Waals surface area (Å²) in [5.74, 6) is -3.20. The summed E-state index contributed by atoms with van der Waals surface area (Å²) in [6.07, 6.45) is 0. The van der Waals surface area contributed by atoms with Gasteiger partial charge in [-0.1, -0.05) is 5.16 Å². The molecule has 1 aromatic heterocycles. The van der Waals surface area contributed by atoms with Crippen LogP contribution in [0.3, 0.4) is 0 Å². The van der Waals surface area contributed by atoms with E-state index in [2.05, 4.69) is 15.0 Å². The molecule has 0 saturated heterocycles. The summed E-state index contributed by atoms with van der Waals surface area (Å²) in [5.41, 5.74) is 5.44. The van der Waals surface area contributed by atoms with Crippen molar-refractivity contribution in [1.82, 2.24) is 5.16 Å². The van der Waals surface area contributed by atoms with E-state index >= 15 is 0 Å². The molecule has 0 atom stereocenters. The Bertz CT molecular complexity index is 610. The van der Waals surface area contributed by atoms with E-state index in [1.165, 1.54) is 6.07 Å². The van der Waals surface area contributed by atoms with Crippen LogP contribution in [0, 0.1) is 18.6 Å². The number of nitrogens with zero attached hydrogens (tertiary/aromatic N) is 1. The molecule has 0 fully saturated rings. The molecule has 1 heterocycles. The van der Waals surface area contributed by atoms with Crippen molar-refractivity contribution in [2.45, 2.75) is 6.92 Å². The van der Waals surface area contributed by atoms with Crippen LogP contribution < -0.4 is 11.1 Å². The number of anilines is 2. The lowest BCUT2D eigenvalue weighted by molar-refractivity contribution is 0.0987. The monoisotopic (exact) mass is 253 g/mol. The maximum atomic E-state index is 13.4. The first-order chi connectivity index (χ1) is 8.49. The van der Waals surface area contributed by atoms with Gasteiger partial charge in [-0.25, -0.2) is 8.78 Å². The van der Waals surface area contributed by atoms with Gasteiger partial charge in [-0.15, -0.1) is 0 Å². The molecule has 3 N–H and O–H groups in total. The molecule has 0 unspecified atom stereocenters. The van der Waals surface area contributed by atoms with Crippen LogP contribution in [-0.2, 0) is 0 Å². The second-order valence-electron chi connectivity index (χ2n) is 3.61. The Morgan fingerprint density at radius 2 is 2.17 bits per heavy atom. The summed E-state index contributed by atoms with van der Waals surface area (Å²) in [6.45, 7) is 1.62. The highest BCUT2D eigenvalue weighted by Gasteiger charge is 2.18. The van der Waals surface area contributed by atoms with E-state index < -0.39 is 23.2 Å². The first-order valence-electron chi connectivity index (χ1n) is 4.97. The predicted octanol–water partition coefficient (Wildman–Crippen LogP) is 2.10. The van der Waals surface area contributed by atoms with Crippen molar-refractivity contribution in [2.75, 3.05) is 11.1 Å². The largest absolute Gasteiger partial charge is 0.397 e. The third kappa shape index (κ3) is 2.15. The minimum atomic E-state index is -1.22. The van der Waals surface area contributed by atoms with E-state index in [0.717, 1.165) is 12.1 Å². The van der Waals surface area contributed by atoms with Gasteiger partial charge in [-0.2, -0.15) is 0 Å². The van der Waals surface area contributed by atoms with Gasteiger partial charge in [0.15, 0.2) is 11.6 Å². The molecular formula is C11H9F2N3O2. The van der Waals surface area contributed by atoms with Crippen molar-refractivity contribution in [1.29, 1.82) is 0 Å². The van der Waals surface area contributed by atoms with Gasteiger partial charge in [0.05, 0.1) is 11.4 Å². The lowest BCUT2D eigenvalue weighted by atomic mass is 10.2. The Morgan fingerprint density at radius 3 is 2.78 bits per heavy atom. The molecule has 0 spiro atoms. The van der Waals surface area contributed by atoms with Crippen molar-refractivity contribution in [3.05, 3.63) is 41.3 Å². The van der Waals surface area contributed by atoms with Crippen LogP contribution in [-0.4, -0.2) is 11.1 Å². The van der Waals surface area contributed by atoms with Crippen LogP contribution >= 0.6 is 0 Å². The van der Waals surface area contributed by atoms with Crippen LogP contribution in [0.15, 0.2) is 22.7 Å². The number of nitrogen functional groups attached to an aromatic ring is 1. The number of hydrogen-bond donors (Lipinski definition) is 2. The molecule has 2 rings (SSSR count). The first kappa shape index (κ1) is 12.0. The van der Waals surface area contributed by atoms with Crippen LogP contribution in [0.4, 0.5) is 20.2 Å². The zero-order valence-electron chi connectivity index (χ0n) is 9.33. The van der Waals surface area contributed by atoms with E-state index in [0.29, 0.717) is 5.69 Å². The number of carbonyl (C=O) groups is 1. The Kier molecular flexibility index (Phi) is 2.97. The predicted molar refractivity (Wildman–Crippen MR) is 60.0 cm³/mol. The number of carbonyl (C=O) groups excluding carboxylic acids is 1. The number of aromatic nitrogens is 1. The highest BCUT2D eigenvalue weighted by Crippen LogP contribution is 2.25. The maximum absolute atomic E-state index is 13.4. The van der Waals surface area contributed by atoms with Crippen LogP contribution in [0.5, 0.6) is 0 Å². The summed E-state index contributed by atoms with van der Waals surface area (Å²) in [6, 6.07) is 3.39. The average Bonchev–Trinajstić information content (AvgIpc) is 2.76. The van der Waals surface area contributed by atoms with Gasteiger partial charge in [-0.3, -0.25) is 4.79 Å². The average molecular weight is 253 g/mol. The summed E-state index contributed by atoms with van der Waals surface area (Å²) < 4.78 is 31.1. The first-order valence-corrected chi connectivity index (χ1v) is 4.97.